The molecule has 0 amide bonds. The first-order chi connectivity index (χ1) is 10.2. The second kappa shape index (κ2) is 7.01. The Kier molecular flexibility index (Phi) is 4.84. The van der Waals surface area contributed by atoms with Crippen molar-refractivity contribution in [3.05, 3.63) is 59.7 Å². The number of terminal acetylenes is 1. The van der Waals surface area contributed by atoms with Crippen LogP contribution >= 0.6 is 0 Å². The van der Waals surface area contributed by atoms with Gasteiger partial charge in [-0.1, -0.05) is 24.1 Å². The molecule has 0 aliphatic carbocycles. The number of hydrogen-bond acceptors (Lipinski definition) is 3. The molecule has 0 radical (unpaired) electrons. The molecule has 0 unspecified atom stereocenters. The van der Waals surface area contributed by atoms with Gasteiger partial charge in [-0.15, -0.1) is 6.42 Å². The largest absolute Gasteiger partial charge is 0.481 e. The smallest absolute Gasteiger partial charge is 0.335 e. The maximum absolute atomic E-state index is 10.8. The second-order valence-electron chi connectivity index (χ2n) is 4.34. The standard InChI is InChI=1S/C17H15NO3/c1-2-11-21-16-6-4-3-5-14(16)12-18-15-9-7-13(8-10-15)17(19)20/h1,3-10,18H,11-12H2,(H,19,20). The Balaban J connectivity index is 2.02. The first kappa shape index (κ1) is 14.5. The van der Waals surface area contributed by atoms with Gasteiger partial charge in [-0.25, -0.2) is 4.79 Å². The maximum Gasteiger partial charge on any atom is 0.335 e. The van der Waals surface area contributed by atoms with Crippen molar-refractivity contribution in [2.75, 3.05) is 11.9 Å². The normalized spacial score (nSPS) is 9.67. The van der Waals surface area contributed by atoms with Crippen LogP contribution in [0.25, 0.3) is 0 Å². The van der Waals surface area contributed by atoms with E-state index < -0.39 is 5.97 Å². The van der Waals surface area contributed by atoms with Crippen LogP contribution in [0.1, 0.15) is 15.9 Å². The van der Waals surface area contributed by atoms with E-state index >= 15 is 0 Å². The number of carboxylic acid groups (broad SMARTS) is 1. The lowest BCUT2D eigenvalue weighted by molar-refractivity contribution is 0.0697. The molecule has 4 nitrogen and oxygen atoms in total. The van der Waals surface area contributed by atoms with Gasteiger partial charge in [0.25, 0.3) is 0 Å². The maximum atomic E-state index is 10.8. The molecule has 0 bridgehead atoms. The summed E-state index contributed by atoms with van der Waals surface area (Å²) in [6.07, 6.45) is 5.19. The molecule has 0 heterocycles. The van der Waals surface area contributed by atoms with Crippen molar-refractivity contribution >= 4 is 11.7 Å². The molecule has 0 aromatic heterocycles. The highest BCUT2D eigenvalue weighted by atomic mass is 16.5. The number of ether oxygens (including phenoxy) is 1. The third-order valence-electron chi connectivity index (χ3n) is 2.90. The Morgan fingerprint density at radius 1 is 1.19 bits per heavy atom. The first-order valence-electron chi connectivity index (χ1n) is 6.42. The van der Waals surface area contributed by atoms with Crippen LogP contribution in [-0.2, 0) is 6.54 Å². The highest BCUT2D eigenvalue weighted by molar-refractivity contribution is 5.87. The fourth-order valence-corrected chi connectivity index (χ4v) is 1.84. The van der Waals surface area contributed by atoms with Crippen molar-refractivity contribution in [3.63, 3.8) is 0 Å². The van der Waals surface area contributed by atoms with E-state index in [4.69, 9.17) is 16.3 Å². The Hall–Kier alpha value is -2.93. The fraction of sp³-hybridized carbons (Fsp3) is 0.118. The van der Waals surface area contributed by atoms with Gasteiger partial charge < -0.3 is 15.2 Å². The van der Waals surface area contributed by atoms with E-state index in [1.165, 1.54) is 0 Å². The Bertz CT molecular complexity index is 656. The second-order valence-corrected chi connectivity index (χ2v) is 4.34. The molecular formula is C17H15NO3. The van der Waals surface area contributed by atoms with E-state index in [-0.39, 0.29) is 12.2 Å². The minimum absolute atomic E-state index is 0.227. The summed E-state index contributed by atoms with van der Waals surface area (Å²) in [6.45, 7) is 0.789. The lowest BCUT2D eigenvalue weighted by Crippen LogP contribution is -2.04. The number of rotatable bonds is 6. The van der Waals surface area contributed by atoms with Crippen LogP contribution in [0.5, 0.6) is 5.75 Å². The van der Waals surface area contributed by atoms with Gasteiger partial charge in [-0.2, -0.15) is 0 Å². The minimum Gasteiger partial charge on any atom is -0.481 e. The van der Waals surface area contributed by atoms with Gasteiger partial charge in [-0.3, -0.25) is 0 Å². The third-order valence-corrected chi connectivity index (χ3v) is 2.90. The highest BCUT2D eigenvalue weighted by Crippen LogP contribution is 2.19. The molecule has 2 aromatic carbocycles. The van der Waals surface area contributed by atoms with Crippen LogP contribution in [0.4, 0.5) is 5.69 Å². The molecule has 106 valence electrons. The van der Waals surface area contributed by atoms with Gasteiger partial charge in [0.1, 0.15) is 12.4 Å². The van der Waals surface area contributed by atoms with Gasteiger partial charge in [0.2, 0.25) is 0 Å². The van der Waals surface area contributed by atoms with Gasteiger partial charge in [0, 0.05) is 17.8 Å². The van der Waals surface area contributed by atoms with Crippen LogP contribution in [0.15, 0.2) is 48.5 Å². The van der Waals surface area contributed by atoms with E-state index in [1.807, 2.05) is 24.3 Å². The van der Waals surface area contributed by atoms with Crippen molar-refractivity contribution in [1.82, 2.24) is 0 Å². The van der Waals surface area contributed by atoms with E-state index in [0.717, 1.165) is 17.0 Å². The van der Waals surface area contributed by atoms with E-state index in [1.54, 1.807) is 24.3 Å². The zero-order valence-corrected chi connectivity index (χ0v) is 11.4. The van der Waals surface area contributed by atoms with Gasteiger partial charge >= 0.3 is 5.97 Å². The Morgan fingerprint density at radius 2 is 1.90 bits per heavy atom. The Labute approximate surface area is 123 Å². The summed E-state index contributed by atoms with van der Waals surface area (Å²) >= 11 is 0. The average molecular weight is 281 g/mol. The van der Waals surface area contributed by atoms with Crippen LogP contribution < -0.4 is 10.1 Å². The molecule has 0 spiro atoms. The third kappa shape index (κ3) is 4.02. The molecule has 0 saturated heterocycles. The summed E-state index contributed by atoms with van der Waals surface area (Å²) in [5.74, 6) is 2.24. The lowest BCUT2D eigenvalue weighted by Gasteiger charge is -2.11. The molecule has 0 saturated carbocycles. The number of para-hydroxylation sites is 1. The molecule has 2 aromatic rings. The molecular weight excluding hydrogens is 266 g/mol. The van der Waals surface area contributed by atoms with Crippen LogP contribution in [0, 0.1) is 12.3 Å². The molecule has 21 heavy (non-hydrogen) atoms. The molecule has 0 atom stereocenters. The average Bonchev–Trinajstić information content (AvgIpc) is 2.52. The fourth-order valence-electron chi connectivity index (χ4n) is 1.84. The van der Waals surface area contributed by atoms with E-state index in [0.29, 0.717) is 6.54 Å². The van der Waals surface area contributed by atoms with Crippen LogP contribution in [0.2, 0.25) is 0 Å². The Morgan fingerprint density at radius 3 is 2.57 bits per heavy atom. The summed E-state index contributed by atoms with van der Waals surface area (Å²) in [5, 5.41) is 12.1. The number of carboxylic acids is 1. The van der Waals surface area contributed by atoms with Crippen molar-refractivity contribution in [3.8, 4) is 18.1 Å². The summed E-state index contributed by atoms with van der Waals surface area (Å²) in [5.41, 5.74) is 2.08. The molecule has 4 heteroatoms. The van der Waals surface area contributed by atoms with Crippen molar-refractivity contribution < 1.29 is 14.6 Å². The molecule has 2 N–H and O–H groups in total. The van der Waals surface area contributed by atoms with E-state index in [2.05, 4.69) is 11.2 Å². The molecule has 2 rings (SSSR count). The van der Waals surface area contributed by atoms with Crippen LogP contribution in [0.3, 0.4) is 0 Å². The van der Waals surface area contributed by atoms with Gasteiger partial charge in [0.05, 0.1) is 5.56 Å². The number of hydrogen-bond donors (Lipinski definition) is 2. The van der Waals surface area contributed by atoms with Crippen LogP contribution in [-0.4, -0.2) is 17.7 Å². The zero-order chi connectivity index (χ0) is 15.1. The van der Waals surface area contributed by atoms with Crippen molar-refractivity contribution in [2.45, 2.75) is 6.54 Å². The summed E-state index contributed by atoms with van der Waals surface area (Å²) in [6, 6.07) is 14.2. The quantitative estimate of drug-likeness (QED) is 0.799. The SMILES string of the molecule is C#CCOc1ccccc1CNc1ccc(C(=O)O)cc1. The first-order valence-corrected chi connectivity index (χ1v) is 6.42. The van der Waals surface area contributed by atoms with Crippen molar-refractivity contribution in [1.29, 1.82) is 0 Å². The summed E-state index contributed by atoms with van der Waals surface area (Å²) in [4.78, 5) is 10.8. The summed E-state index contributed by atoms with van der Waals surface area (Å²) in [7, 11) is 0. The topological polar surface area (TPSA) is 58.6 Å². The predicted octanol–water partition coefficient (Wildman–Crippen LogP) is 3.01. The monoisotopic (exact) mass is 281 g/mol. The number of benzene rings is 2. The summed E-state index contributed by atoms with van der Waals surface area (Å²) < 4.78 is 5.47. The molecule has 0 aliphatic rings. The van der Waals surface area contributed by atoms with Gasteiger partial charge in [-0.05, 0) is 30.3 Å². The number of carbonyl (C=O) groups is 1. The predicted molar refractivity (Wildman–Crippen MR) is 81.5 cm³/mol. The number of nitrogens with one attached hydrogen (secondary N) is 1. The minimum atomic E-state index is -0.936. The van der Waals surface area contributed by atoms with Gasteiger partial charge in [0.15, 0.2) is 0 Å². The lowest BCUT2D eigenvalue weighted by atomic mass is 10.1. The molecule has 0 aliphatic heterocycles. The molecule has 0 fully saturated rings. The highest BCUT2D eigenvalue weighted by Gasteiger charge is 2.04. The number of anilines is 1. The van der Waals surface area contributed by atoms with E-state index in [9.17, 15) is 4.79 Å². The zero-order valence-electron chi connectivity index (χ0n) is 11.4. The van der Waals surface area contributed by atoms with Crippen molar-refractivity contribution in [2.24, 2.45) is 0 Å². The number of aromatic carboxylic acids is 1.